The molecule has 1 aliphatic heterocycles. The van der Waals surface area contributed by atoms with Gasteiger partial charge in [-0.1, -0.05) is 18.4 Å². The van der Waals surface area contributed by atoms with Gasteiger partial charge in [0.2, 0.25) is 5.91 Å². The number of furan rings is 1. The molecule has 1 fully saturated rings. The van der Waals surface area contributed by atoms with Gasteiger partial charge in [0.25, 0.3) is 0 Å². The summed E-state index contributed by atoms with van der Waals surface area (Å²) >= 11 is 0. The molecule has 1 amide bonds. The van der Waals surface area contributed by atoms with Crippen molar-refractivity contribution in [3.05, 3.63) is 54.0 Å². The van der Waals surface area contributed by atoms with Crippen LogP contribution in [0, 0.1) is 12.3 Å². The van der Waals surface area contributed by atoms with Gasteiger partial charge in [-0.15, -0.1) is 6.42 Å². The lowest BCUT2D eigenvalue weighted by Crippen LogP contribution is -2.46. The van der Waals surface area contributed by atoms with Crippen molar-refractivity contribution in [1.29, 1.82) is 0 Å². The zero-order valence-electron chi connectivity index (χ0n) is 17.4. The van der Waals surface area contributed by atoms with Gasteiger partial charge in [0.1, 0.15) is 5.76 Å². The van der Waals surface area contributed by atoms with Crippen LogP contribution in [0.5, 0.6) is 0 Å². The van der Waals surface area contributed by atoms with Crippen LogP contribution in [-0.2, 0) is 4.79 Å². The Morgan fingerprint density at radius 2 is 2.07 bits per heavy atom. The van der Waals surface area contributed by atoms with Crippen LogP contribution in [0.25, 0.3) is 0 Å². The zero-order valence-corrected chi connectivity index (χ0v) is 17.4. The van der Waals surface area contributed by atoms with E-state index in [4.69, 9.17) is 10.8 Å². The van der Waals surface area contributed by atoms with Crippen molar-refractivity contribution >= 4 is 17.6 Å². The van der Waals surface area contributed by atoms with Crippen molar-refractivity contribution in [3.8, 4) is 12.3 Å². The lowest BCUT2D eigenvalue weighted by molar-refractivity contribution is -0.115. The number of anilines is 1. The van der Waals surface area contributed by atoms with Gasteiger partial charge in [0, 0.05) is 24.8 Å². The summed E-state index contributed by atoms with van der Waals surface area (Å²) in [4.78, 5) is 18.9. The Hall–Kier alpha value is -3.24. The Morgan fingerprint density at radius 1 is 1.23 bits per heavy atom. The van der Waals surface area contributed by atoms with Gasteiger partial charge in [0.15, 0.2) is 5.96 Å². The first-order chi connectivity index (χ1) is 14.7. The third-order valence-corrected chi connectivity index (χ3v) is 5.12. The van der Waals surface area contributed by atoms with Crippen molar-refractivity contribution in [3.63, 3.8) is 0 Å². The molecule has 0 aliphatic carbocycles. The summed E-state index contributed by atoms with van der Waals surface area (Å²) < 4.78 is 5.68. The number of carbonyl (C=O) groups is 1. The summed E-state index contributed by atoms with van der Waals surface area (Å²) in [5.41, 5.74) is 1.39. The summed E-state index contributed by atoms with van der Waals surface area (Å²) in [6.07, 6.45) is 10.8. The third-order valence-electron chi connectivity index (χ3n) is 5.12. The van der Waals surface area contributed by atoms with Crippen LogP contribution in [0.3, 0.4) is 0 Å². The van der Waals surface area contributed by atoms with E-state index >= 15 is 0 Å². The average molecular weight is 408 g/mol. The summed E-state index contributed by atoms with van der Waals surface area (Å²) in [6, 6.07) is 11.2. The first-order valence-electron chi connectivity index (χ1n) is 10.3. The molecule has 0 radical (unpaired) electrons. The van der Waals surface area contributed by atoms with E-state index in [0.29, 0.717) is 18.2 Å². The van der Waals surface area contributed by atoms with Gasteiger partial charge in [-0.3, -0.25) is 14.7 Å². The van der Waals surface area contributed by atoms with Crippen LogP contribution in [-0.4, -0.2) is 50.0 Å². The van der Waals surface area contributed by atoms with Crippen molar-refractivity contribution in [1.82, 2.24) is 15.5 Å². The van der Waals surface area contributed by atoms with E-state index in [-0.39, 0.29) is 18.5 Å². The van der Waals surface area contributed by atoms with Crippen molar-refractivity contribution in [2.45, 2.75) is 25.3 Å². The largest absolute Gasteiger partial charge is 0.468 e. The van der Waals surface area contributed by atoms with Crippen molar-refractivity contribution in [2.24, 2.45) is 4.99 Å². The standard InChI is InChI=1S/C23H29N5O2/c1-3-18-9-7-10-19(15-18)27-22(29)17-26-23(24-2)25-16-20(21-11-8-14-30-21)28-12-5-4-6-13-28/h1,7-11,14-15,20H,4-6,12-13,16-17H2,2H3,(H,27,29)(H2,24,25,26). The topological polar surface area (TPSA) is 81.9 Å². The Labute approximate surface area is 177 Å². The maximum Gasteiger partial charge on any atom is 0.243 e. The fraction of sp³-hybridized carbons (Fsp3) is 0.391. The second-order valence-electron chi connectivity index (χ2n) is 7.21. The molecule has 1 unspecified atom stereocenters. The first kappa shape index (κ1) is 21.5. The van der Waals surface area contributed by atoms with E-state index in [0.717, 1.165) is 24.4 Å². The summed E-state index contributed by atoms with van der Waals surface area (Å²) in [5, 5.41) is 9.21. The normalized spacial score (nSPS) is 15.8. The van der Waals surface area contributed by atoms with E-state index in [2.05, 4.69) is 31.8 Å². The number of terminal acetylenes is 1. The molecule has 1 aliphatic rings. The number of hydrogen-bond acceptors (Lipinski definition) is 4. The molecule has 2 heterocycles. The smallest absolute Gasteiger partial charge is 0.243 e. The molecule has 7 nitrogen and oxygen atoms in total. The van der Waals surface area contributed by atoms with Gasteiger partial charge in [-0.05, 0) is 56.3 Å². The Kier molecular flexibility index (Phi) is 7.93. The molecule has 7 heteroatoms. The number of hydrogen-bond donors (Lipinski definition) is 3. The van der Waals surface area contributed by atoms with Crippen LogP contribution in [0.4, 0.5) is 5.69 Å². The molecular formula is C23H29N5O2. The van der Waals surface area contributed by atoms with Crippen LogP contribution >= 0.6 is 0 Å². The van der Waals surface area contributed by atoms with Crippen molar-refractivity contribution in [2.75, 3.05) is 38.5 Å². The Morgan fingerprint density at radius 3 is 2.77 bits per heavy atom. The third kappa shape index (κ3) is 6.13. The summed E-state index contributed by atoms with van der Waals surface area (Å²) in [6.45, 7) is 2.84. The van der Waals surface area contributed by atoms with Crippen LogP contribution in [0.2, 0.25) is 0 Å². The molecule has 1 atom stereocenters. The minimum Gasteiger partial charge on any atom is -0.468 e. The molecule has 1 aromatic heterocycles. The Bertz CT molecular complexity index is 879. The predicted molar refractivity (Wildman–Crippen MR) is 119 cm³/mol. The van der Waals surface area contributed by atoms with E-state index in [1.807, 2.05) is 24.3 Å². The maximum absolute atomic E-state index is 12.3. The number of likely N-dealkylation sites (tertiary alicyclic amines) is 1. The molecule has 3 N–H and O–H groups in total. The molecule has 30 heavy (non-hydrogen) atoms. The predicted octanol–water partition coefficient (Wildman–Crippen LogP) is 2.59. The minimum absolute atomic E-state index is 0.0923. The zero-order chi connectivity index (χ0) is 21.2. The molecule has 158 valence electrons. The number of benzene rings is 1. The number of aliphatic imine (C=N–C) groups is 1. The Balaban J connectivity index is 1.51. The molecule has 1 saturated heterocycles. The highest BCUT2D eigenvalue weighted by atomic mass is 16.3. The number of amides is 1. The molecular weight excluding hydrogens is 378 g/mol. The molecule has 2 aromatic rings. The van der Waals surface area contributed by atoms with E-state index in [1.54, 1.807) is 25.4 Å². The lowest BCUT2D eigenvalue weighted by atomic mass is 10.1. The average Bonchev–Trinajstić information content (AvgIpc) is 3.31. The highest BCUT2D eigenvalue weighted by molar-refractivity contribution is 5.95. The number of nitrogens with one attached hydrogen (secondary N) is 3. The number of carbonyl (C=O) groups excluding carboxylic acids is 1. The second-order valence-corrected chi connectivity index (χ2v) is 7.21. The highest BCUT2D eigenvalue weighted by Crippen LogP contribution is 2.24. The quantitative estimate of drug-likeness (QED) is 0.373. The van der Waals surface area contributed by atoms with Gasteiger partial charge >= 0.3 is 0 Å². The van der Waals surface area contributed by atoms with E-state index in [9.17, 15) is 4.79 Å². The number of nitrogens with zero attached hydrogens (tertiary/aromatic N) is 2. The molecule has 0 bridgehead atoms. The van der Waals surface area contributed by atoms with Crippen LogP contribution in [0.1, 0.15) is 36.6 Å². The lowest BCUT2D eigenvalue weighted by Gasteiger charge is -2.33. The van der Waals surface area contributed by atoms with Gasteiger partial charge in [-0.25, -0.2) is 0 Å². The number of piperidine rings is 1. The van der Waals surface area contributed by atoms with Gasteiger partial charge < -0.3 is 20.4 Å². The molecule has 0 spiro atoms. The van der Waals surface area contributed by atoms with Crippen molar-refractivity contribution < 1.29 is 9.21 Å². The first-order valence-corrected chi connectivity index (χ1v) is 10.3. The second kappa shape index (κ2) is 11.1. The summed E-state index contributed by atoms with van der Waals surface area (Å²) in [7, 11) is 1.69. The van der Waals surface area contributed by atoms with Gasteiger partial charge in [-0.2, -0.15) is 0 Å². The highest BCUT2D eigenvalue weighted by Gasteiger charge is 2.24. The fourth-order valence-corrected chi connectivity index (χ4v) is 3.59. The molecule has 3 rings (SSSR count). The molecule has 1 aromatic carbocycles. The van der Waals surface area contributed by atoms with Gasteiger partial charge in [0.05, 0.1) is 18.8 Å². The number of rotatable bonds is 7. The van der Waals surface area contributed by atoms with Crippen LogP contribution in [0.15, 0.2) is 52.1 Å². The van der Waals surface area contributed by atoms with E-state index in [1.165, 1.54) is 19.3 Å². The SMILES string of the molecule is C#Cc1cccc(NC(=O)CNC(=NC)NCC(c2ccco2)N2CCCCC2)c1. The fourth-order valence-electron chi connectivity index (χ4n) is 3.59. The minimum atomic E-state index is -0.175. The van der Waals surface area contributed by atoms with E-state index < -0.39 is 0 Å². The molecule has 0 saturated carbocycles. The number of guanidine groups is 1. The maximum atomic E-state index is 12.3. The van der Waals surface area contributed by atoms with Crippen LogP contribution < -0.4 is 16.0 Å². The monoisotopic (exact) mass is 407 g/mol. The summed E-state index contributed by atoms with van der Waals surface area (Å²) in [5.74, 6) is 3.88.